The molecule has 0 N–H and O–H groups in total. The summed E-state index contributed by atoms with van der Waals surface area (Å²) in [4.78, 5) is 0.933. The first kappa shape index (κ1) is 6.25. The van der Waals surface area contributed by atoms with Crippen molar-refractivity contribution in [3.05, 3.63) is 36.2 Å². The van der Waals surface area contributed by atoms with Gasteiger partial charge in [-0.05, 0) is 17.2 Å². The van der Waals surface area contributed by atoms with E-state index in [4.69, 9.17) is 0 Å². The molecule has 1 aliphatic heterocycles. The first-order valence-corrected chi connectivity index (χ1v) is 4.41. The van der Waals surface area contributed by atoms with E-state index in [1.54, 1.807) is 0 Å². The maximum absolute atomic E-state index is 11.1. The summed E-state index contributed by atoms with van der Waals surface area (Å²) in [6.07, 6.45) is 3.05. The minimum Gasteiger partial charge on any atom is -0.611 e. The molecule has 1 heterocycles. The van der Waals surface area contributed by atoms with Gasteiger partial charge in [-0.3, -0.25) is 0 Å². The van der Waals surface area contributed by atoms with E-state index in [-0.39, 0.29) is 0 Å². The Kier molecular flexibility index (Phi) is 1.43. The molecule has 1 aromatic carbocycles. The third-order valence-electron chi connectivity index (χ3n) is 1.53. The zero-order chi connectivity index (χ0) is 6.97. The Morgan fingerprint density at radius 1 is 1.40 bits per heavy atom. The van der Waals surface area contributed by atoms with E-state index in [0.717, 1.165) is 10.5 Å². The van der Waals surface area contributed by atoms with E-state index in [9.17, 15) is 4.55 Å². The average molecular weight is 150 g/mol. The van der Waals surface area contributed by atoms with Gasteiger partial charge in [0.15, 0.2) is 4.90 Å². The van der Waals surface area contributed by atoms with Crippen molar-refractivity contribution in [2.75, 3.05) is 5.75 Å². The van der Waals surface area contributed by atoms with Crippen LogP contribution in [0.1, 0.15) is 5.56 Å². The van der Waals surface area contributed by atoms with E-state index in [0.29, 0.717) is 5.75 Å². The van der Waals surface area contributed by atoms with Crippen molar-refractivity contribution < 1.29 is 4.55 Å². The Labute approximate surface area is 63.2 Å². The SMILES string of the molecule is [O-][S+]1C[C]c2ccccc21. The van der Waals surface area contributed by atoms with Crippen molar-refractivity contribution >= 4 is 11.2 Å². The van der Waals surface area contributed by atoms with Crippen LogP contribution in [0.15, 0.2) is 29.2 Å². The molecule has 10 heavy (non-hydrogen) atoms. The molecule has 1 unspecified atom stereocenters. The summed E-state index contributed by atoms with van der Waals surface area (Å²) < 4.78 is 11.1. The van der Waals surface area contributed by atoms with E-state index in [1.807, 2.05) is 24.3 Å². The lowest BCUT2D eigenvalue weighted by molar-refractivity contribution is 0.600. The Morgan fingerprint density at radius 2 is 2.20 bits per heavy atom. The summed E-state index contributed by atoms with van der Waals surface area (Å²) in [6.45, 7) is 0. The third kappa shape index (κ3) is 0.842. The highest BCUT2D eigenvalue weighted by Crippen LogP contribution is 2.25. The van der Waals surface area contributed by atoms with Gasteiger partial charge < -0.3 is 4.55 Å². The second kappa shape index (κ2) is 2.29. The normalized spacial score (nSPS) is 22.7. The molecule has 2 radical (unpaired) electrons. The van der Waals surface area contributed by atoms with Crippen molar-refractivity contribution in [2.24, 2.45) is 0 Å². The van der Waals surface area contributed by atoms with Crippen LogP contribution < -0.4 is 0 Å². The van der Waals surface area contributed by atoms with Crippen LogP contribution in [0.3, 0.4) is 0 Å². The molecule has 1 aliphatic rings. The summed E-state index contributed by atoms with van der Waals surface area (Å²) >= 11 is -0.809. The molecule has 0 bridgehead atoms. The molecule has 50 valence electrons. The molecule has 0 amide bonds. The zero-order valence-corrected chi connectivity index (χ0v) is 6.15. The van der Waals surface area contributed by atoms with Crippen molar-refractivity contribution in [3.63, 3.8) is 0 Å². The summed E-state index contributed by atoms with van der Waals surface area (Å²) in [5, 5.41) is 0. The van der Waals surface area contributed by atoms with Gasteiger partial charge in [-0.25, -0.2) is 0 Å². The summed E-state index contributed by atoms with van der Waals surface area (Å²) in [6, 6.07) is 7.68. The van der Waals surface area contributed by atoms with Gasteiger partial charge >= 0.3 is 0 Å². The molecular formula is C8H6OS. The van der Waals surface area contributed by atoms with Gasteiger partial charge in [0.1, 0.15) is 5.75 Å². The number of hydrogen-bond donors (Lipinski definition) is 0. The smallest absolute Gasteiger partial charge is 0.156 e. The van der Waals surface area contributed by atoms with E-state index >= 15 is 0 Å². The Balaban J connectivity index is 2.51. The van der Waals surface area contributed by atoms with Crippen molar-refractivity contribution in [2.45, 2.75) is 4.90 Å². The standard InChI is InChI=1S/C8H6OS/c9-10-6-5-7-3-1-2-4-8(7)10/h1-4H,6H2. The predicted octanol–water partition coefficient (Wildman–Crippen LogP) is 1.24. The van der Waals surface area contributed by atoms with Crippen LogP contribution >= 0.6 is 0 Å². The fraction of sp³-hybridized carbons (Fsp3) is 0.125. The lowest BCUT2D eigenvalue weighted by Gasteiger charge is -2.00. The fourth-order valence-electron chi connectivity index (χ4n) is 1.03. The number of hydrogen-bond acceptors (Lipinski definition) is 1. The van der Waals surface area contributed by atoms with Crippen LogP contribution in [0.25, 0.3) is 0 Å². The van der Waals surface area contributed by atoms with Crippen LogP contribution in [0.2, 0.25) is 0 Å². The lowest BCUT2D eigenvalue weighted by atomic mass is 10.2. The fourth-order valence-corrected chi connectivity index (χ4v) is 2.09. The minimum absolute atomic E-state index is 0.569. The molecule has 0 saturated carbocycles. The van der Waals surface area contributed by atoms with E-state index in [2.05, 4.69) is 6.42 Å². The van der Waals surface area contributed by atoms with Crippen LogP contribution in [0, 0.1) is 6.42 Å². The number of rotatable bonds is 0. The van der Waals surface area contributed by atoms with Gasteiger partial charge in [0.05, 0.1) is 6.42 Å². The van der Waals surface area contributed by atoms with Gasteiger partial charge in [-0.2, -0.15) is 0 Å². The average Bonchev–Trinajstić information content (AvgIpc) is 2.34. The quantitative estimate of drug-likeness (QED) is 0.510. The molecule has 0 aliphatic carbocycles. The first-order valence-electron chi connectivity index (χ1n) is 3.09. The third-order valence-corrected chi connectivity index (χ3v) is 2.78. The van der Waals surface area contributed by atoms with Gasteiger partial charge in [0.25, 0.3) is 0 Å². The molecule has 0 fully saturated rings. The second-order valence-electron chi connectivity index (χ2n) is 2.16. The number of fused-ring (bicyclic) bond motifs is 1. The highest BCUT2D eigenvalue weighted by Gasteiger charge is 2.23. The van der Waals surface area contributed by atoms with Gasteiger partial charge in [-0.1, -0.05) is 18.2 Å². The molecule has 2 rings (SSSR count). The van der Waals surface area contributed by atoms with Crippen molar-refractivity contribution in [1.29, 1.82) is 0 Å². The molecule has 1 nitrogen and oxygen atoms in total. The summed E-state index contributed by atoms with van der Waals surface area (Å²) in [5.41, 5.74) is 1.01. The summed E-state index contributed by atoms with van der Waals surface area (Å²) in [7, 11) is 0. The second-order valence-corrected chi connectivity index (χ2v) is 3.58. The molecular weight excluding hydrogens is 144 g/mol. The largest absolute Gasteiger partial charge is 0.611 e. The van der Waals surface area contributed by atoms with Crippen LogP contribution in [0.4, 0.5) is 0 Å². The topological polar surface area (TPSA) is 23.1 Å². The van der Waals surface area contributed by atoms with Gasteiger partial charge in [0.2, 0.25) is 0 Å². The highest BCUT2D eigenvalue weighted by atomic mass is 32.2. The van der Waals surface area contributed by atoms with Crippen molar-refractivity contribution in [1.82, 2.24) is 0 Å². The van der Waals surface area contributed by atoms with E-state index < -0.39 is 11.2 Å². The van der Waals surface area contributed by atoms with Crippen LogP contribution in [0.5, 0.6) is 0 Å². The maximum atomic E-state index is 11.1. The van der Waals surface area contributed by atoms with Gasteiger partial charge in [-0.15, -0.1) is 0 Å². The van der Waals surface area contributed by atoms with Crippen LogP contribution in [-0.4, -0.2) is 10.3 Å². The van der Waals surface area contributed by atoms with Crippen LogP contribution in [-0.2, 0) is 11.2 Å². The Hall–Kier alpha value is -0.470. The number of benzene rings is 1. The Morgan fingerprint density at radius 3 is 3.00 bits per heavy atom. The summed E-state index contributed by atoms with van der Waals surface area (Å²) in [5.74, 6) is 0.569. The van der Waals surface area contributed by atoms with Gasteiger partial charge in [0, 0.05) is 5.56 Å². The van der Waals surface area contributed by atoms with E-state index in [1.165, 1.54) is 0 Å². The molecule has 0 aromatic heterocycles. The molecule has 0 spiro atoms. The highest BCUT2D eigenvalue weighted by molar-refractivity contribution is 7.91. The molecule has 1 atom stereocenters. The minimum atomic E-state index is -0.809. The zero-order valence-electron chi connectivity index (χ0n) is 5.33. The maximum Gasteiger partial charge on any atom is 0.156 e. The lowest BCUT2D eigenvalue weighted by Crippen LogP contribution is -1.97. The first-order chi connectivity index (χ1) is 4.88. The molecule has 2 heteroatoms. The predicted molar refractivity (Wildman–Crippen MR) is 40.1 cm³/mol. The van der Waals surface area contributed by atoms with Crippen molar-refractivity contribution in [3.8, 4) is 0 Å². The molecule has 1 aromatic rings. The molecule has 0 saturated heterocycles. The Bertz CT molecular complexity index is 247. The monoisotopic (exact) mass is 150 g/mol.